The second-order valence-electron chi connectivity index (χ2n) is 7.22. The summed E-state index contributed by atoms with van der Waals surface area (Å²) in [5.41, 5.74) is 0.849. The van der Waals surface area contributed by atoms with E-state index in [0.29, 0.717) is 6.04 Å². The number of fused-ring (bicyclic) bond motifs is 1. The molecule has 4 rings (SSSR count). The summed E-state index contributed by atoms with van der Waals surface area (Å²) in [6.07, 6.45) is 3.89. The number of nitrogens with zero attached hydrogens (tertiary/aromatic N) is 2. The highest BCUT2D eigenvalue weighted by Gasteiger charge is 2.40. The lowest BCUT2D eigenvalue weighted by molar-refractivity contribution is -0.0434. The predicted octanol–water partition coefficient (Wildman–Crippen LogP) is 3.41. The number of aromatic nitrogens is 1. The normalized spacial score (nSPS) is 21.9. The van der Waals surface area contributed by atoms with Gasteiger partial charge in [-0.25, -0.2) is 17.2 Å². The largest absolute Gasteiger partial charge is 0.344 e. The molecular formula is C18H24ClF2N3O2S. The van der Waals surface area contributed by atoms with Gasteiger partial charge in [-0.15, -0.1) is 12.4 Å². The highest BCUT2D eigenvalue weighted by Crippen LogP contribution is 2.32. The van der Waals surface area contributed by atoms with Crippen molar-refractivity contribution in [3.63, 3.8) is 0 Å². The minimum absolute atomic E-state index is 0. The van der Waals surface area contributed by atoms with E-state index in [-0.39, 0.29) is 36.7 Å². The summed E-state index contributed by atoms with van der Waals surface area (Å²) >= 11 is 0. The predicted molar refractivity (Wildman–Crippen MR) is 103 cm³/mol. The number of nitrogens with one attached hydrogen (secondary N) is 1. The first-order valence-corrected chi connectivity index (χ1v) is 10.5. The maximum Gasteiger partial charge on any atom is 0.261 e. The van der Waals surface area contributed by atoms with Crippen LogP contribution in [0.1, 0.15) is 31.7 Å². The lowest BCUT2D eigenvalue weighted by Crippen LogP contribution is -2.45. The zero-order chi connectivity index (χ0) is 18.4. The molecular weight excluding hydrogens is 396 g/mol. The van der Waals surface area contributed by atoms with Crippen LogP contribution in [0.2, 0.25) is 0 Å². The monoisotopic (exact) mass is 419 g/mol. The zero-order valence-electron chi connectivity index (χ0n) is 14.9. The smallest absolute Gasteiger partial charge is 0.261 e. The number of piperidine rings is 2. The van der Waals surface area contributed by atoms with E-state index in [2.05, 4.69) is 9.88 Å². The van der Waals surface area contributed by atoms with Crippen molar-refractivity contribution in [2.45, 2.75) is 42.5 Å². The molecule has 0 unspecified atom stereocenters. The molecule has 150 valence electrons. The molecule has 1 aromatic carbocycles. The Morgan fingerprint density at radius 2 is 1.89 bits per heavy atom. The summed E-state index contributed by atoms with van der Waals surface area (Å²) in [7, 11) is -3.92. The van der Waals surface area contributed by atoms with Crippen molar-refractivity contribution in [3.8, 4) is 0 Å². The molecule has 0 spiro atoms. The van der Waals surface area contributed by atoms with Crippen LogP contribution >= 0.6 is 12.4 Å². The maximum absolute atomic E-state index is 13.7. The highest BCUT2D eigenvalue weighted by atomic mass is 35.5. The van der Waals surface area contributed by atoms with Crippen molar-refractivity contribution in [2.24, 2.45) is 0 Å². The van der Waals surface area contributed by atoms with Gasteiger partial charge >= 0.3 is 0 Å². The van der Waals surface area contributed by atoms with Crippen LogP contribution in [-0.4, -0.2) is 49.4 Å². The van der Waals surface area contributed by atoms with Crippen LogP contribution in [0.4, 0.5) is 8.78 Å². The van der Waals surface area contributed by atoms with Crippen molar-refractivity contribution in [2.75, 3.05) is 26.2 Å². The summed E-state index contributed by atoms with van der Waals surface area (Å²) in [5, 5.41) is 4.29. The number of hydrogen-bond donors (Lipinski definition) is 1. The lowest BCUT2D eigenvalue weighted by atomic mass is 10.1. The molecule has 1 N–H and O–H groups in total. The molecule has 2 aliphatic rings. The summed E-state index contributed by atoms with van der Waals surface area (Å²) < 4.78 is 56.2. The quantitative estimate of drug-likeness (QED) is 0.829. The van der Waals surface area contributed by atoms with Crippen molar-refractivity contribution >= 4 is 33.3 Å². The third kappa shape index (κ3) is 3.99. The highest BCUT2D eigenvalue weighted by molar-refractivity contribution is 7.89. The Labute approximate surface area is 164 Å². The van der Waals surface area contributed by atoms with Gasteiger partial charge in [0.2, 0.25) is 10.0 Å². The van der Waals surface area contributed by atoms with Gasteiger partial charge in [-0.05, 0) is 55.9 Å². The van der Waals surface area contributed by atoms with E-state index in [1.54, 1.807) is 12.1 Å². The molecule has 0 saturated carbocycles. The fraction of sp³-hybridized carbons (Fsp3) is 0.556. The van der Waals surface area contributed by atoms with Crippen LogP contribution in [0.3, 0.4) is 0 Å². The average Bonchev–Trinajstić information content (AvgIpc) is 3.05. The molecule has 0 amide bonds. The van der Waals surface area contributed by atoms with E-state index in [1.165, 1.54) is 6.07 Å². The van der Waals surface area contributed by atoms with Crippen molar-refractivity contribution in [1.29, 1.82) is 0 Å². The van der Waals surface area contributed by atoms with Gasteiger partial charge < -0.3 is 9.88 Å². The number of rotatable bonds is 3. The Hall–Kier alpha value is -1.22. The summed E-state index contributed by atoms with van der Waals surface area (Å²) in [6.45, 7) is 1.28. The Balaban J connectivity index is 0.00000210. The average molecular weight is 420 g/mol. The van der Waals surface area contributed by atoms with Crippen LogP contribution < -0.4 is 5.32 Å². The van der Waals surface area contributed by atoms with Gasteiger partial charge in [-0.3, -0.25) is 0 Å². The molecule has 2 aromatic rings. The van der Waals surface area contributed by atoms with Crippen molar-refractivity contribution < 1.29 is 17.2 Å². The Morgan fingerprint density at radius 1 is 1.15 bits per heavy atom. The molecule has 2 fully saturated rings. The van der Waals surface area contributed by atoms with E-state index in [1.807, 2.05) is 12.3 Å². The molecule has 0 atom stereocenters. The summed E-state index contributed by atoms with van der Waals surface area (Å²) in [6, 6.07) is 7.23. The molecule has 5 nitrogen and oxygen atoms in total. The molecule has 2 saturated heterocycles. The molecule has 0 bridgehead atoms. The molecule has 3 heterocycles. The Morgan fingerprint density at radius 3 is 2.59 bits per heavy atom. The summed E-state index contributed by atoms with van der Waals surface area (Å²) in [4.78, 5) is 0.0941. The maximum atomic E-state index is 13.7. The molecule has 9 heteroatoms. The van der Waals surface area contributed by atoms with Gasteiger partial charge in [0, 0.05) is 30.7 Å². The molecule has 1 aromatic heterocycles. The minimum atomic E-state index is -3.92. The molecule has 27 heavy (non-hydrogen) atoms. The third-order valence-corrected chi connectivity index (χ3v) is 7.23. The van der Waals surface area contributed by atoms with Crippen LogP contribution in [0.25, 0.3) is 10.9 Å². The van der Waals surface area contributed by atoms with Gasteiger partial charge in [-0.1, -0.05) is 6.07 Å². The van der Waals surface area contributed by atoms with Crippen molar-refractivity contribution in [3.05, 3.63) is 30.5 Å². The summed E-state index contributed by atoms with van der Waals surface area (Å²) in [5.74, 6) is -2.95. The first-order chi connectivity index (χ1) is 12.4. The number of hydrogen-bond acceptors (Lipinski definition) is 3. The second-order valence-corrected chi connectivity index (χ2v) is 9.16. The molecule has 0 aliphatic carbocycles. The van der Waals surface area contributed by atoms with E-state index in [9.17, 15) is 17.2 Å². The SMILES string of the molecule is Cl.O=S(=O)(c1ccc2ccn(C3CCNCC3)c2c1)N1CCCC(F)(F)C1. The van der Waals surface area contributed by atoms with E-state index in [4.69, 9.17) is 0 Å². The Kier molecular flexibility index (Phi) is 5.82. The third-order valence-electron chi connectivity index (χ3n) is 5.39. The number of benzene rings is 1. The standard InChI is InChI=1S/C18H23F2N3O2S.ClH/c19-18(20)7-1-10-22(13-18)26(24,25)16-3-2-14-6-11-23(17(14)12-16)15-4-8-21-9-5-15;/h2-3,6,11-12,15,21H,1,4-5,7-10,13H2;1H. The first kappa shape index (κ1) is 20.5. The number of alkyl halides is 2. The topological polar surface area (TPSA) is 54.3 Å². The first-order valence-electron chi connectivity index (χ1n) is 9.06. The Bertz CT molecular complexity index is 910. The second kappa shape index (κ2) is 7.66. The van der Waals surface area contributed by atoms with E-state index >= 15 is 0 Å². The fourth-order valence-electron chi connectivity index (χ4n) is 3.98. The van der Waals surface area contributed by atoms with E-state index in [0.717, 1.165) is 41.1 Å². The number of sulfonamides is 1. The lowest BCUT2D eigenvalue weighted by Gasteiger charge is -2.31. The van der Waals surface area contributed by atoms with E-state index < -0.39 is 22.5 Å². The van der Waals surface area contributed by atoms with Gasteiger partial charge in [0.25, 0.3) is 5.92 Å². The van der Waals surface area contributed by atoms with Gasteiger partial charge in [0.05, 0.1) is 11.4 Å². The fourth-order valence-corrected chi connectivity index (χ4v) is 5.50. The number of halogens is 3. The van der Waals surface area contributed by atoms with Gasteiger partial charge in [0.15, 0.2) is 0 Å². The zero-order valence-corrected chi connectivity index (χ0v) is 16.5. The van der Waals surface area contributed by atoms with Crippen LogP contribution in [0, 0.1) is 0 Å². The molecule has 2 aliphatic heterocycles. The van der Waals surface area contributed by atoms with Crippen LogP contribution in [0.15, 0.2) is 35.4 Å². The van der Waals surface area contributed by atoms with Crippen LogP contribution in [-0.2, 0) is 10.0 Å². The minimum Gasteiger partial charge on any atom is -0.344 e. The van der Waals surface area contributed by atoms with Gasteiger partial charge in [0.1, 0.15) is 0 Å². The van der Waals surface area contributed by atoms with Crippen molar-refractivity contribution in [1.82, 2.24) is 14.2 Å². The van der Waals surface area contributed by atoms with Crippen LogP contribution in [0.5, 0.6) is 0 Å². The molecule has 0 radical (unpaired) electrons. The van der Waals surface area contributed by atoms with Gasteiger partial charge in [-0.2, -0.15) is 4.31 Å².